The van der Waals surface area contributed by atoms with Gasteiger partial charge in [0.1, 0.15) is 0 Å². The third kappa shape index (κ3) is 1.96. The number of nitrogens with one attached hydrogen (secondary N) is 1. The van der Waals surface area contributed by atoms with Crippen LogP contribution in [0.1, 0.15) is 10.4 Å². The zero-order valence-electron chi connectivity index (χ0n) is 9.72. The summed E-state index contributed by atoms with van der Waals surface area (Å²) in [7, 11) is 0. The topological polar surface area (TPSA) is 66.0 Å². The monoisotopic (exact) mass is 272 g/mol. The number of aromatic nitrogens is 2. The molecule has 1 heterocycles. The number of fused-ring (bicyclic) bond motifs is 1. The van der Waals surface area contributed by atoms with E-state index in [-0.39, 0.29) is 5.56 Å². The van der Waals surface area contributed by atoms with Gasteiger partial charge in [-0.25, -0.2) is 4.79 Å². The largest absolute Gasteiger partial charge is 0.478 e. The van der Waals surface area contributed by atoms with Gasteiger partial charge in [0.05, 0.1) is 16.8 Å². The number of benzene rings is 2. The predicted molar refractivity (Wildman–Crippen MR) is 73.5 cm³/mol. The highest BCUT2D eigenvalue weighted by Crippen LogP contribution is 2.29. The Kier molecular flexibility index (Phi) is 2.72. The number of aromatic carboxylic acids is 1. The number of halogens is 1. The van der Waals surface area contributed by atoms with Crippen LogP contribution in [0.2, 0.25) is 5.02 Å². The average molecular weight is 273 g/mol. The molecular formula is C14H9ClN2O2. The molecule has 5 heteroatoms. The SMILES string of the molecule is O=C(O)c1cccc2c(-c3cccc(Cl)c3)n[nH]c12. The summed E-state index contributed by atoms with van der Waals surface area (Å²) in [4.78, 5) is 11.1. The fourth-order valence-corrected chi connectivity index (χ4v) is 2.27. The number of carboxylic acid groups (broad SMARTS) is 1. The summed E-state index contributed by atoms with van der Waals surface area (Å²) < 4.78 is 0. The Morgan fingerprint density at radius 1 is 1.21 bits per heavy atom. The number of carboxylic acids is 1. The van der Waals surface area contributed by atoms with Gasteiger partial charge in [0.15, 0.2) is 0 Å². The van der Waals surface area contributed by atoms with Crippen molar-refractivity contribution in [1.29, 1.82) is 0 Å². The maximum atomic E-state index is 11.1. The number of hydrogen-bond donors (Lipinski definition) is 2. The summed E-state index contributed by atoms with van der Waals surface area (Å²) in [5, 5.41) is 17.5. The van der Waals surface area contributed by atoms with Crippen molar-refractivity contribution < 1.29 is 9.90 Å². The highest BCUT2D eigenvalue weighted by atomic mass is 35.5. The summed E-state index contributed by atoms with van der Waals surface area (Å²) in [5.74, 6) is -0.980. The number of hydrogen-bond acceptors (Lipinski definition) is 2. The molecule has 0 aliphatic heterocycles. The zero-order chi connectivity index (χ0) is 13.4. The molecular weight excluding hydrogens is 264 g/mol. The molecule has 0 unspecified atom stereocenters. The lowest BCUT2D eigenvalue weighted by atomic mass is 10.1. The van der Waals surface area contributed by atoms with Crippen LogP contribution in [0.25, 0.3) is 22.2 Å². The van der Waals surface area contributed by atoms with Crippen LogP contribution in [0.15, 0.2) is 42.5 Å². The quantitative estimate of drug-likeness (QED) is 0.749. The lowest BCUT2D eigenvalue weighted by Crippen LogP contribution is -1.96. The molecule has 0 aliphatic rings. The van der Waals surface area contributed by atoms with Gasteiger partial charge in [0.2, 0.25) is 0 Å². The first kappa shape index (κ1) is 11.7. The van der Waals surface area contributed by atoms with Crippen molar-refractivity contribution in [2.45, 2.75) is 0 Å². The summed E-state index contributed by atoms with van der Waals surface area (Å²) >= 11 is 5.96. The Morgan fingerprint density at radius 2 is 2.00 bits per heavy atom. The minimum Gasteiger partial charge on any atom is -0.478 e. The molecule has 0 spiro atoms. The standard InChI is InChI=1S/C14H9ClN2O2/c15-9-4-1-3-8(7-9)12-10-5-2-6-11(14(18)19)13(10)17-16-12/h1-7H,(H,16,17)(H,18,19). The normalized spacial score (nSPS) is 10.8. The smallest absolute Gasteiger partial charge is 0.337 e. The van der Waals surface area contributed by atoms with Crippen LogP contribution in [0.4, 0.5) is 0 Å². The van der Waals surface area contributed by atoms with Gasteiger partial charge in [0, 0.05) is 16.0 Å². The predicted octanol–water partition coefficient (Wildman–Crippen LogP) is 3.58. The summed E-state index contributed by atoms with van der Waals surface area (Å²) in [6.45, 7) is 0. The van der Waals surface area contributed by atoms with Crippen LogP contribution >= 0.6 is 11.6 Å². The summed E-state index contributed by atoms with van der Waals surface area (Å²) in [5.41, 5.74) is 2.27. The molecule has 0 atom stereocenters. The lowest BCUT2D eigenvalue weighted by molar-refractivity contribution is 0.0699. The fraction of sp³-hybridized carbons (Fsp3) is 0. The molecule has 0 fully saturated rings. The molecule has 0 aliphatic carbocycles. The molecule has 0 saturated heterocycles. The van der Waals surface area contributed by atoms with Crippen molar-refractivity contribution in [2.24, 2.45) is 0 Å². The second kappa shape index (κ2) is 4.40. The van der Waals surface area contributed by atoms with Gasteiger partial charge in [-0.15, -0.1) is 0 Å². The van der Waals surface area contributed by atoms with Crippen LogP contribution in [0.5, 0.6) is 0 Å². The van der Waals surface area contributed by atoms with Crippen molar-refractivity contribution in [1.82, 2.24) is 10.2 Å². The first-order valence-corrected chi connectivity index (χ1v) is 6.01. The van der Waals surface area contributed by atoms with E-state index in [0.29, 0.717) is 16.2 Å². The summed E-state index contributed by atoms with van der Waals surface area (Å²) in [6.07, 6.45) is 0. The second-order valence-electron chi connectivity index (χ2n) is 4.12. The van der Waals surface area contributed by atoms with Gasteiger partial charge in [0.25, 0.3) is 0 Å². The molecule has 0 radical (unpaired) electrons. The number of aromatic amines is 1. The molecule has 0 bridgehead atoms. The Hall–Kier alpha value is -2.33. The molecule has 3 rings (SSSR count). The molecule has 94 valence electrons. The van der Waals surface area contributed by atoms with Gasteiger partial charge < -0.3 is 5.11 Å². The molecule has 1 aromatic heterocycles. The number of nitrogens with zero attached hydrogens (tertiary/aromatic N) is 1. The lowest BCUT2D eigenvalue weighted by Gasteiger charge is -1.99. The zero-order valence-corrected chi connectivity index (χ0v) is 10.5. The highest BCUT2D eigenvalue weighted by Gasteiger charge is 2.14. The third-order valence-corrected chi connectivity index (χ3v) is 3.16. The maximum Gasteiger partial charge on any atom is 0.337 e. The number of para-hydroxylation sites is 1. The minimum absolute atomic E-state index is 0.207. The summed E-state index contributed by atoms with van der Waals surface area (Å²) in [6, 6.07) is 12.4. The number of H-pyrrole nitrogens is 1. The fourth-order valence-electron chi connectivity index (χ4n) is 2.08. The van der Waals surface area contributed by atoms with E-state index in [1.165, 1.54) is 0 Å². The molecule has 4 nitrogen and oxygen atoms in total. The van der Waals surface area contributed by atoms with Crippen LogP contribution in [-0.4, -0.2) is 21.3 Å². The first-order valence-electron chi connectivity index (χ1n) is 5.63. The van der Waals surface area contributed by atoms with E-state index in [1.54, 1.807) is 24.3 Å². The Morgan fingerprint density at radius 3 is 2.74 bits per heavy atom. The van der Waals surface area contributed by atoms with Gasteiger partial charge in [-0.2, -0.15) is 5.10 Å². The first-order chi connectivity index (χ1) is 9.16. The van der Waals surface area contributed by atoms with E-state index < -0.39 is 5.97 Å². The van der Waals surface area contributed by atoms with Crippen LogP contribution in [-0.2, 0) is 0 Å². The van der Waals surface area contributed by atoms with E-state index in [0.717, 1.165) is 10.9 Å². The van der Waals surface area contributed by atoms with E-state index in [4.69, 9.17) is 16.7 Å². The number of carbonyl (C=O) groups is 1. The highest BCUT2D eigenvalue weighted by molar-refractivity contribution is 6.30. The Balaban J connectivity index is 2.27. The van der Waals surface area contributed by atoms with Crippen LogP contribution < -0.4 is 0 Å². The van der Waals surface area contributed by atoms with Crippen LogP contribution in [0.3, 0.4) is 0 Å². The van der Waals surface area contributed by atoms with Crippen molar-refractivity contribution in [2.75, 3.05) is 0 Å². The molecule has 0 amide bonds. The van der Waals surface area contributed by atoms with Gasteiger partial charge >= 0.3 is 5.97 Å². The Bertz CT molecular complexity index is 780. The van der Waals surface area contributed by atoms with Gasteiger partial charge in [-0.1, -0.05) is 35.9 Å². The van der Waals surface area contributed by atoms with Gasteiger partial charge in [-0.3, -0.25) is 5.10 Å². The molecule has 2 aromatic carbocycles. The van der Waals surface area contributed by atoms with E-state index in [9.17, 15) is 4.79 Å². The Labute approximate surface area is 113 Å². The van der Waals surface area contributed by atoms with Crippen molar-refractivity contribution in [3.8, 4) is 11.3 Å². The molecule has 19 heavy (non-hydrogen) atoms. The van der Waals surface area contributed by atoms with Gasteiger partial charge in [-0.05, 0) is 18.2 Å². The van der Waals surface area contributed by atoms with Crippen molar-refractivity contribution in [3.63, 3.8) is 0 Å². The number of rotatable bonds is 2. The molecule has 0 saturated carbocycles. The third-order valence-electron chi connectivity index (χ3n) is 2.93. The van der Waals surface area contributed by atoms with Crippen molar-refractivity contribution in [3.05, 3.63) is 53.1 Å². The maximum absolute atomic E-state index is 11.1. The second-order valence-corrected chi connectivity index (χ2v) is 4.55. The van der Waals surface area contributed by atoms with E-state index in [1.807, 2.05) is 18.2 Å². The molecule has 3 aromatic rings. The van der Waals surface area contributed by atoms with E-state index >= 15 is 0 Å². The molecule has 2 N–H and O–H groups in total. The van der Waals surface area contributed by atoms with Crippen molar-refractivity contribution >= 4 is 28.5 Å². The van der Waals surface area contributed by atoms with Crippen LogP contribution in [0, 0.1) is 0 Å². The van der Waals surface area contributed by atoms with E-state index in [2.05, 4.69) is 10.2 Å². The minimum atomic E-state index is -0.980. The average Bonchev–Trinajstić information content (AvgIpc) is 2.82.